The van der Waals surface area contributed by atoms with E-state index in [1.165, 1.54) is 17.7 Å². The van der Waals surface area contributed by atoms with E-state index in [2.05, 4.69) is 10.3 Å². The molecule has 0 spiro atoms. The summed E-state index contributed by atoms with van der Waals surface area (Å²) >= 11 is 1.23. The SMILES string of the molecule is CCOC(=O)c1c(C2CC2)csc1NC(=O)COC(=O)Cn1cnc2c(oc3ccccc32)c1=O. The quantitative estimate of drug-likeness (QED) is 0.368. The minimum atomic E-state index is -0.796. The molecule has 0 unspecified atom stereocenters. The molecule has 4 aromatic rings. The number of aromatic nitrogens is 2. The lowest BCUT2D eigenvalue weighted by molar-refractivity contribution is -0.147. The number of anilines is 1. The Kier molecular flexibility index (Phi) is 6.08. The number of furan rings is 1. The fraction of sp³-hybridized carbons (Fsp3) is 0.292. The Morgan fingerprint density at radius 1 is 1.23 bits per heavy atom. The topological polar surface area (TPSA) is 130 Å². The van der Waals surface area contributed by atoms with Gasteiger partial charge in [0.15, 0.2) is 6.61 Å². The number of ether oxygens (including phenoxy) is 2. The molecule has 0 atom stereocenters. The van der Waals surface area contributed by atoms with Crippen LogP contribution in [0.15, 0.2) is 45.2 Å². The molecule has 1 aliphatic carbocycles. The van der Waals surface area contributed by atoms with Gasteiger partial charge in [-0.3, -0.25) is 19.0 Å². The van der Waals surface area contributed by atoms with Crippen LogP contribution in [0.25, 0.3) is 22.1 Å². The first-order valence-electron chi connectivity index (χ1n) is 11.1. The lowest BCUT2D eigenvalue weighted by atomic mass is 10.1. The Bertz CT molecular complexity index is 1510. The van der Waals surface area contributed by atoms with Gasteiger partial charge in [0, 0.05) is 5.39 Å². The van der Waals surface area contributed by atoms with Gasteiger partial charge in [-0.25, -0.2) is 9.78 Å². The van der Waals surface area contributed by atoms with Crippen molar-refractivity contribution < 1.29 is 28.3 Å². The van der Waals surface area contributed by atoms with E-state index in [0.29, 0.717) is 33.0 Å². The van der Waals surface area contributed by atoms with E-state index in [0.717, 1.165) is 23.0 Å². The molecule has 1 fully saturated rings. The zero-order valence-corrected chi connectivity index (χ0v) is 19.6. The molecule has 5 rings (SSSR count). The molecule has 0 saturated heterocycles. The highest BCUT2D eigenvalue weighted by molar-refractivity contribution is 7.15. The highest BCUT2D eigenvalue weighted by Gasteiger charge is 2.32. The van der Waals surface area contributed by atoms with Crippen LogP contribution < -0.4 is 10.9 Å². The van der Waals surface area contributed by atoms with Gasteiger partial charge in [0.1, 0.15) is 22.6 Å². The fourth-order valence-corrected chi connectivity index (χ4v) is 4.84. The van der Waals surface area contributed by atoms with Gasteiger partial charge >= 0.3 is 11.9 Å². The first kappa shape index (κ1) is 22.8. The summed E-state index contributed by atoms with van der Waals surface area (Å²) in [6.07, 6.45) is 3.22. The number of hydrogen-bond donors (Lipinski definition) is 1. The Morgan fingerprint density at radius 3 is 2.80 bits per heavy atom. The van der Waals surface area contributed by atoms with Gasteiger partial charge < -0.3 is 19.2 Å². The third-order valence-corrected chi connectivity index (χ3v) is 6.50. The molecular formula is C24H21N3O7S. The molecule has 1 amide bonds. The number of carbonyl (C=O) groups excluding carboxylic acids is 3. The molecule has 1 aliphatic rings. The summed E-state index contributed by atoms with van der Waals surface area (Å²) in [5, 5.41) is 5.54. The second-order valence-electron chi connectivity index (χ2n) is 8.05. The fourth-order valence-electron chi connectivity index (χ4n) is 3.79. The van der Waals surface area contributed by atoms with Crippen molar-refractivity contribution in [2.24, 2.45) is 0 Å². The number of hydrogen-bond acceptors (Lipinski definition) is 9. The first-order chi connectivity index (χ1) is 17.0. The van der Waals surface area contributed by atoms with Gasteiger partial charge in [-0.2, -0.15) is 0 Å². The predicted molar refractivity (Wildman–Crippen MR) is 128 cm³/mol. The van der Waals surface area contributed by atoms with E-state index in [9.17, 15) is 19.2 Å². The molecule has 0 aliphatic heterocycles. The van der Waals surface area contributed by atoms with E-state index >= 15 is 0 Å². The number of carbonyl (C=O) groups is 3. The van der Waals surface area contributed by atoms with Crippen LogP contribution in [-0.4, -0.2) is 40.6 Å². The van der Waals surface area contributed by atoms with E-state index < -0.39 is 36.6 Å². The van der Waals surface area contributed by atoms with Crippen molar-refractivity contribution in [3.63, 3.8) is 0 Å². The maximum absolute atomic E-state index is 12.7. The molecule has 1 saturated carbocycles. The van der Waals surface area contributed by atoms with Crippen LogP contribution in [0.1, 0.15) is 41.6 Å². The summed E-state index contributed by atoms with van der Waals surface area (Å²) < 4.78 is 16.8. The third kappa shape index (κ3) is 4.54. The molecule has 0 bridgehead atoms. The zero-order valence-electron chi connectivity index (χ0n) is 18.7. The lowest BCUT2D eigenvalue weighted by Crippen LogP contribution is -2.28. The summed E-state index contributed by atoms with van der Waals surface area (Å²) in [6, 6.07) is 7.11. The number of para-hydroxylation sites is 1. The monoisotopic (exact) mass is 495 g/mol. The Balaban J connectivity index is 1.23. The normalized spacial score (nSPS) is 13.2. The summed E-state index contributed by atoms with van der Waals surface area (Å²) in [5.41, 5.74) is 1.66. The van der Waals surface area contributed by atoms with Crippen molar-refractivity contribution in [2.75, 3.05) is 18.5 Å². The van der Waals surface area contributed by atoms with Crippen LogP contribution in [-0.2, 0) is 25.6 Å². The smallest absolute Gasteiger partial charge is 0.341 e. The maximum atomic E-state index is 12.7. The van der Waals surface area contributed by atoms with Crippen LogP contribution in [0.5, 0.6) is 0 Å². The molecule has 180 valence electrons. The van der Waals surface area contributed by atoms with E-state index in [1.54, 1.807) is 25.1 Å². The van der Waals surface area contributed by atoms with Crippen LogP contribution in [0.3, 0.4) is 0 Å². The highest BCUT2D eigenvalue weighted by Crippen LogP contribution is 2.46. The van der Waals surface area contributed by atoms with E-state index in [1.807, 2.05) is 11.4 Å². The molecule has 1 aromatic carbocycles. The van der Waals surface area contributed by atoms with Crippen LogP contribution in [0.4, 0.5) is 5.00 Å². The minimum absolute atomic E-state index is 0.0369. The number of nitrogens with one attached hydrogen (secondary N) is 1. The van der Waals surface area contributed by atoms with E-state index in [4.69, 9.17) is 13.9 Å². The lowest BCUT2D eigenvalue weighted by Gasteiger charge is -2.09. The summed E-state index contributed by atoms with van der Waals surface area (Å²) in [4.78, 5) is 54.1. The largest absolute Gasteiger partial charge is 0.462 e. The number of amides is 1. The Hall–Kier alpha value is -3.99. The van der Waals surface area contributed by atoms with Crippen molar-refractivity contribution in [1.82, 2.24) is 9.55 Å². The van der Waals surface area contributed by atoms with Crippen molar-refractivity contribution in [3.05, 3.63) is 57.5 Å². The molecular weight excluding hydrogens is 474 g/mol. The number of thiophene rings is 1. The zero-order chi connectivity index (χ0) is 24.5. The Morgan fingerprint density at radius 2 is 2.03 bits per heavy atom. The first-order valence-corrected chi connectivity index (χ1v) is 11.9. The third-order valence-electron chi connectivity index (χ3n) is 5.58. The highest BCUT2D eigenvalue weighted by atomic mass is 32.1. The summed E-state index contributed by atoms with van der Waals surface area (Å²) in [7, 11) is 0. The van der Waals surface area contributed by atoms with Gasteiger partial charge in [0.2, 0.25) is 5.58 Å². The number of esters is 2. The molecule has 10 nitrogen and oxygen atoms in total. The molecule has 3 heterocycles. The number of benzene rings is 1. The number of rotatable bonds is 8. The minimum Gasteiger partial charge on any atom is -0.462 e. The molecule has 35 heavy (non-hydrogen) atoms. The van der Waals surface area contributed by atoms with E-state index in [-0.39, 0.29) is 12.2 Å². The summed E-state index contributed by atoms with van der Waals surface area (Å²) in [5.74, 6) is -1.60. The van der Waals surface area contributed by atoms with Crippen molar-refractivity contribution in [1.29, 1.82) is 0 Å². The number of nitrogens with zero attached hydrogens (tertiary/aromatic N) is 2. The van der Waals surface area contributed by atoms with Gasteiger partial charge in [0.05, 0.1) is 18.5 Å². The van der Waals surface area contributed by atoms with Gasteiger partial charge in [-0.1, -0.05) is 12.1 Å². The van der Waals surface area contributed by atoms with Crippen molar-refractivity contribution >= 4 is 56.3 Å². The standard InChI is InChI=1S/C24H21N3O7S/c1-2-32-24(31)19-15(13-7-8-13)11-35-22(19)26-17(28)10-33-18(29)9-27-12-25-20-14-5-3-4-6-16(14)34-21(20)23(27)30/h3-6,11-13H,2,7-10H2,1H3,(H,26,28). The second kappa shape index (κ2) is 9.34. The van der Waals surface area contributed by atoms with Gasteiger partial charge in [-0.15, -0.1) is 11.3 Å². The molecule has 3 aromatic heterocycles. The summed E-state index contributed by atoms with van der Waals surface area (Å²) in [6.45, 7) is 0.918. The molecule has 11 heteroatoms. The molecule has 0 radical (unpaired) electrons. The van der Waals surface area contributed by atoms with Crippen LogP contribution in [0, 0.1) is 0 Å². The van der Waals surface area contributed by atoms with Gasteiger partial charge in [0.25, 0.3) is 11.5 Å². The number of fused-ring (bicyclic) bond motifs is 3. The molecule has 1 N–H and O–H groups in total. The van der Waals surface area contributed by atoms with Crippen LogP contribution >= 0.6 is 11.3 Å². The van der Waals surface area contributed by atoms with Gasteiger partial charge in [-0.05, 0) is 48.8 Å². The average Bonchev–Trinajstić information content (AvgIpc) is 3.49. The average molecular weight is 496 g/mol. The predicted octanol–water partition coefficient (Wildman–Crippen LogP) is 3.44. The Labute approximate surface area is 202 Å². The second-order valence-corrected chi connectivity index (χ2v) is 8.93. The van der Waals surface area contributed by atoms with Crippen LogP contribution in [0.2, 0.25) is 0 Å². The maximum Gasteiger partial charge on any atom is 0.341 e. The van der Waals surface area contributed by atoms with Crippen molar-refractivity contribution in [3.8, 4) is 0 Å². The van der Waals surface area contributed by atoms with Crippen molar-refractivity contribution in [2.45, 2.75) is 32.2 Å².